The first-order chi connectivity index (χ1) is 9.90. The predicted octanol–water partition coefficient (Wildman–Crippen LogP) is 0.657. The van der Waals surface area contributed by atoms with E-state index in [0.717, 1.165) is 11.4 Å². The lowest BCUT2D eigenvalue weighted by Crippen LogP contribution is -3.09. The zero-order chi connectivity index (χ0) is 15.8. The number of carbonyl (C=O) groups excluding carboxylic acids is 2. The smallest absolute Gasteiger partial charge is 0.321 e. The molecular weight excluding hydrogens is 286 g/mol. The van der Waals surface area contributed by atoms with E-state index in [0.29, 0.717) is 0 Å². The topological polar surface area (TPSA) is 62.6 Å². The molecule has 1 unspecified atom stereocenters. The van der Waals surface area contributed by atoms with Gasteiger partial charge in [0.15, 0.2) is 6.54 Å². The summed E-state index contributed by atoms with van der Waals surface area (Å²) in [5, 5.41) is 4.96. The molecule has 0 bridgehead atoms. The van der Waals surface area contributed by atoms with E-state index < -0.39 is 6.03 Å². The quantitative estimate of drug-likeness (QED) is 0.676. The fourth-order valence-electron chi connectivity index (χ4n) is 1.90. The minimum absolute atomic E-state index is 0.0119. The largest absolute Gasteiger partial charge is 0.336 e. The number of hydrogen-bond donors (Lipinski definition) is 3. The van der Waals surface area contributed by atoms with Crippen LogP contribution in [0.4, 0.5) is 4.79 Å². The van der Waals surface area contributed by atoms with Crippen LogP contribution in [-0.4, -0.2) is 37.8 Å². The molecule has 5 nitrogen and oxygen atoms in total. The standard InChI is InChI=1S/C15H23N3O2S/c1-11(2)16-15(20)17-14(19)10-18(3)9-12-5-7-13(21-4)8-6-12/h5-8,11H,9-10H2,1-4H3,(H2,16,17,19,20)/p+1. The average molecular weight is 310 g/mol. The van der Waals surface area contributed by atoms with E-state index in [4.69, 9.17) is 0 Å². The summed E-state index contributed by atoms with van der Waals surface area (Å²) in [7, 11) is 1.93. The maximum absolute atomic E-state index is 11.7. The molecule has 6 heteroatoms. The van der Waals surface area contributed by atoms with Gasteiger partial charge in [0.05, 0.1) is 7.05 Å². The Balaban J connectivity index is 2.39. The van der Waals surface area contributed by atoms with Crippen LogP contribution in [0.1, 0.15) is 19.4 Å². The zero-order valence-corrected chi connectivity index (χ0v) is 13.8. The fraction of sp³-hybridized carbons (Fsp3) is 0.467. The summed E-state index contributed by atoms with van der Waals surface area (Å²) in [5.41, 5.74) is 1.17. The number of rotatable bonds is 6. The van der Waals surface area contributed by atoms with Crippen LogP contribution < -0.4 is 15.5 Å². The Kier molecular flexibility index (Phi) is 7.25. The first-order valence-electron chi connectivity index (χ1n) is 6.95. The summed E-state index contributed by atoms with van der Waals surface area (Å²) < 4.78 is 0. The van der Waals surface area contributed by atoms with Crippen LogP contribution in [0.25, 0.3) is 0 Å². The van der Waals surface area contributed by atoms with E-state index in [1.165, 1.54) is 10.5 Å². The Morgan fingerprint density at radius 3 is 2.38 bits per heavy atom. The minimum Gasteiger partial charge on any atom is -0.336 e. The molecular formula is C15H24N3O2S+. The molecule has 3 amide bonds. The van der Waals surface area contributed by atoms with Crippen molar-refractivity contribution in [1.82, 2.24) is 10.6 Å². The van der Waals surface area contributed by atoms with Crippen molar-refractivity contribution in [3.63, 3.8) is 0 Å². The van der Waals surface area contributed by atoms with E-state index in [2.05, 4.69) is 34.9 Å². The van der Waals surface area contributed by atoms with Gasteiger partial charge in [0, 0.05) is 16.5 Å². The maximum Gasteiger partial charge on any atom is 0.321 e. The lowest BCUT2D eigenvalue weighted by atomic mass is 10.2. The highest BCUT2D eigenvalue weighted by Crippen LogP contribution is 2.14. The molecule has 0 aliphatic rings. The van der Waals surface area contributed by atoms with Gasteiger partial charge in [-0.2, -0.15) is 0 Å². The maximum atomic E-state index is 11.7. The molecule has 1 aromatic carbocycles. The summed E-state index contributed by atoms with van der Waals surface area (Å²) in [4.78, 5) is 25.4. The van der Waals surface area contributed by atoms with Gasteiger partial charge in [0.25, 0.3) is 5.91 Å². The third kappa shape index (κ3) is 7.15. The summed E-state index contributed by atoms with van der Waals surface area (Å²) in [6.07, 6.45) is 2.04. The number of carbonyl (C=O) groups is 2. The summed E-state index contributed by atoms with van der Waals surface area (Å²) in [6.45, 7) is 4.70. The van der Waals surface area contributed by atoms with Crippen molar-refractivity contribution in [3.8, 4) is 0 Å². The normalized spacial score (nSPS) is 12.0. The lowest BCUT2D eigenvalue weighted by Gasteiger charge is -2.14. The molecule has 0 saturated carbocycles. The van der Waals surface area contributed by atoms with E-state index in [1.807, 2.05) is 27.2 Å². The minimum atomic E-state index is -0.438. The Labute approximate surface area is 130 Å². The number of thioether (sulfide) groups is 1. The number of hydrogen-bond acceptors (Lipinski definition) is 3. The molecule has 21 heavy (non-hydrogen) atoms. The summed E-state index contributed by atoms with van der Waals surface area (Å²) in [6, 6.07) is 7.86. The van der Waals surface area contributed by atoms with Crippen molar-refractivity contribution >= 4 is 23.7 Å². The van der Waals surface area contributed by atoms with Crippen LogP contribution in [0.15, 0.2) is 29.2 Å². The molecule has 0 fully saturated rings. The highest BCUT2D eigenvalue weighted by atomic mass is 32.2. The lowest BCUT2D eigenvalue weighted by molar-refractivity contribution is -0.885. The van der Waals surface area contributed by atoms with Crippen LogP contribution >= 0.6 is 11.8 Å². The number of quaternary nitrogens is 1. The van der Waals surface area contributed by atoms with Crippen LogP contribution in [0, 0.1) is 0 Å². The van der Waals surface area contributed by atoms with Crippen molar-refractivity contribution < 1.29 is 14.5 Å². The number of nitrogens with one attached hydrogen (secondary N) is 3. The highest BCUT2D eigenvalue weighted by Gasteiger charge is 2.13. The SMILES string of the molecule is CSc1ccc(C[NH+](C)CC(=O)NC(=O)NC(C)C)cc1. The van der Waals surface area contributed by atoms with Crippen LogP contribution in [0.2, 0.25) is 0 Å². The van der Waals surface area contributed by atoms with E-state index >= 15 is 0 Å². The molecule has 0 radical (unpaired) electrons. The van der Waals surface area contributed by atoms with Gasteiger partial charge < -0.3 is 10.2 Å². The average Bonchev–Trinajstić information content (AvgIpc) is 2.37. The number of imide groups is 1. The van der Waals surface area contributed by atoms with Gasteiger partial charge in [-0.3, -0.25) is 10.1 Å². The fourth-order valence-corrected chi connectivity index (χ4v) is 2.31. The van der Waals surface area contributed by atoms with Gasteiger partial charge in [0.2, 0.25) is 0 Å². The molecule has 1 aromatic rings. The molecule has 116 valence electrons. The van der Waals surface area contributed by atoms with Gasteiger partial charge in [-0.25, -0.2) is 4.79 Å². The van der Waals surface area contributed by atoms with Gasteiger partial charge in [-0.1, -0.05) is 12.1 Å². The van der Waals surface area contributed by atoms with Gasteiger partial charge in [-0.15, -0.1) is 11.8 Å². The third-order valence-electron chi connectivity index (χ3n) is 2.80. The van der Waals surface area contributed by atoms with Crippen LogP contribution in [0.5, 0.6) is 0 Å². The first-order valence-corrected chi connectivity index (χ1v) is 8.17. The number of urea groups is 1. The molecule has 0 spiro atoms. The Bertz CT molecular complexity index is 474. The molecule has 1 atom stereocenters. The van der Waals surface area contributed by atoms with Gasteiger partial charge in [-0.05, 0) is 32.2 Å². The summed E-state index contributed by atoms with van der Waals surface area (Å²) >= 11 is 1.70. The number of amides is 3. The van der Waals surface area contributed by atoms with Crippen molar-refractivity contribution in [2.24, 2.45) is 0 Å². The molecule has 0 aromatic heterocycles. The monoisotopic (exact) mass is 310 g/mol. The highest BCUT2D eigenvalue weighted by molar-refractivity contribution is 7.98. The third-order valence-corrected chi connectivity index (χ3v) is 3.54. The molecule has 0 saturated heterocycles. The van der Waals surface area contributed by atoms with E-state index in [1.54, 1.807) is 11.8 Å². The van der Waals surface area contributed by atoms with Gasteiger partial charge in [0.1, 0.15) is 6.54 Å². The second-order valence-electron chi connectivity index (χ2n) is 5.34. The Morgan fingerprint density at radius 1 is 1.24 bits per heavy atom. The van der Waals surface area contributed by atoms with Crippen molar-refractivity contribution in [2.45, 2.75) is 31.3 Å². The number of likely N-dealkylation sites (N-methyl/N-ethyl adjacent to an activating group) is 1. The molecule has 0 heterocycles. The van der Waals surface area contributed by atoms with Gasteiger partial charge >= 0.3 is 6.03 Å². The van der Waals surface area contributed by atoms with Crippen LogP contribution in [-0.2, 0) is 11.3 Å². The molecule has 3 N–H and O–H groups in total. The van der Waals surface area contributed by atoms with Crippen molar-refractivity contribution in [3.05, 3.63) is 29.8 Å². The second kappa shape index (κ2) is 8.69. The Morgan fingerprint density at radius 2 is 1.86 bits per heavy atom. The Hall–Kier alpha value is -1.53. The van der Waals surface area contributed by atoms with E-state index in [-0.39, 0.29) is 18.5 Å². The first kappa shape index (κ1) is 17.5. The van der Waals surface area contributed by atoms with Crippen molar-refractivity contribution in [1.29, 1.82) is 0 Å². The van der Waals surface area contributed by atoms with Crippen LogP contribution in [0.3, 0.4) is 0 Å². The van der Waals surface area contributed by atoms with Crippen molar-refractivity contribution in [2.75, 3.05) is 19.8 Å². The zero-order valence-electron chi connectivity index (χ0n) is 13.0. The van der Waals surface area contributed by atoms with E-state index in [9.17, 15) is 9.59 Å². The second-order valence-corrected chi connectivity index (χ2v) is 6.21. The molecule has 0 aliphatic carbocycles. The predicted molar refractivity (Wildman–Crippen MR) is 85.5 cm³/mol. The summed E-state index contributed by atoms with van der Waals surface area (Å²) in [5.74, 6) is -0.272. The molecule has 1 rings (SSSR count). The number of benzene rings is 1. The molecule has 0 aliphatic heterocycles.